The second kappa shape index (κ2) is 5.19. The number of hydrogen-bond acceptors (Lipinski definition) is 2. The molecule has 4 aliphatic rings. The highest BCUT2D eigenvalue weighted by atomic mass is 127. The number of aliphatic hydroxyl groups is 1. The van der Waals surface area contributed by atoms with Gasteiger partial charge in [-0.25, -0.2) is 0 Å². The molecule has 0 saturated heterocycles. The van der Waals surface area contributed by atoms with E-state index >= 15 is 0 Å². The third-order valence-electron chi connectivity index (χ3n) is 7.68. The second-order valence-corrected chi connectivity index (χ2v) is 10.0. The van der Waals surface area contributed by atoms with Crippen molar-refractivity contribution >= 4 is 28.4 Å². The van der Waals surface area contributed by atoms with Gasteiger partial charge in [0.15, 0.2) is 0 Å². The molecule has 0 radical (unpaired) electrons. The Labute approximate surface area is 141 Å². The van der Waals surface area contributed by atoms with Gasteiger partial charge in [-0.15, -0.1) is 0 Å². The predicted molar refractivity (Wildman–Crippen MR) is 91.3 cm³/mol. The van der Waals surface area contributed by atoms with Crippen LogP contribution in [0.15, 0.2) is 0 Å². The van der Waals surface area contributed by atoms with Crippen LogP contribution in [0.1, 0.15) is 58.3 Å². The van der Waals surface area contributed by atoms with Crippen LogP contribution >= 0.6 is 22.6 Å². The minimum Gasteiger partial charge on any atom is -0.393 e. The highest BCUT2D eigenvalue weighted by molar-refractivity contribution is 14.1. The number of rotatable bonds is 0. The Balaban J connectivity index is 1.63. The summed E-state index contributed by atoms with van der Waals surface area (Å²) in [6.45, 7) is 2.35. The van der Waals surface area contributed by atoms with E-state index in [1.165, 1.54) is 25.7 Å². The fraction of sp³-hybridized carbons (Fsp3) is 0.944. The molecular weight excluding hydrogens is 375 g/mol. The first-order chi connectivity index (χ1) is 10.0. The molecule has 4 fully saturated rings. The van der Waals surface area contributed by atoms with Gasteiger partial charge in [-0.05, 0) is 73.5 Å². The molecule has 0 aromatic rings. The second-order valence-electron chi connectivity index (χ2n) is 8.44. The standard InChI is InChI=1S/C18H27IO2/c1-18-7-6-13-12-3-2-11(20)8-10(12)9-15(19)17(13)14(18)4-5-16(18)21/h10,12-17,21H,2-9H2,1H3/t10-,12+,13-,14+,15-,16+,17-,18+/m1/s1. The van der Waals surface area contributed by atoms with Crippen molar-refractivity contribution in [2.45, 2.75) is 68.3 Å². The van der Waals surface area contributed by atoms with Crippen LogP contribution < -0.4 is 0 Å². The predicted octanol–water partition coefficient (Wildman–Crippen LogP) is 3.98. The molecule has 0 aromatic carbocycles. The average molecular weight is 402 g/mol. The fourth-order valence-corrected chi connectivity index (χ4v) is 8.28. The summed E-state index contributed by atoms with van der Waals surface area (Å²) < 4.78 is 0.717. The summed E-state index contributed by atoms with van der Waals surface area (Å²) >= 11 is 2.68. The molecule has 4 saturated carbocycles. The Hall–Kier alpha value is 0.360. The maximum Gasteiger partial charge on any atom is 0.133 e. The quantitative estimate of drug-likeness (QED) is 0.492. The van der Waals surface area contributed by atoms with Gasteiger partial charge in [-0.2, -0.15) is 0 Å². The summed E-state index contributed by atoms with van der Waals surface area (Å²) in [4.78, 5) is 11.8. The number of halogens is 1. The van der Waals surface area contributed by atoms with Crippen molar-refractivity contribution in [3.05, 3.63) is 0 Å². The first kappa shape index (κ1) is 14.9. The molecule has 0 spiro atoms. The molecule has 118 valence electrons. The molecule has 21 heavy (non-hydrogen) atoms. The number of carbonyl (C=O) groups excluding carboxylic acids is 1. The summed E-state index contributed by atoms with van der Waals surface area (Å²) in [5, 5.41) is 10.5. The van der Waals surface area contributed by atoms with Gasteiger partial charge in [0.1, 0.15) is 5.78 Å². The van der Waals surface area contributed by atoms with Crippen molar-refractivity contribution in [2.24, 2.45) is 35.0 Å². The Morgan fingerprint density at radius 3 is 2.81 bits per heavy atom. The van der Waals surface area contributed by atoms with E-state index in [0.717, 1.165) is 53.3 Å². The van der Waals surface area contributed by atoms with E-state index in [4.69, 9.17) is 0 Å². The summed E-state index contributed by atoms with van der Waals surface area (Å²) in [5.74, 6) is 4.35. The zero-order valence-corrected chi connectivity index (χ0v) is 15.1. The number of carbonyl (C=O) groups is 1. The van der Waals surface area contributed by atoms with Crippen molar-refractivity contribution in [3.8, 4) is 0 Å². The highest BCUT2D eigenvalue weighted by Gasteiger charge is 2.58. The molecule has 0 aromatic heterocycles. The molecule has 0 aliphatic heterocycles. The lowest BCUT2D eigenvalue weighted by atomic mass is 9.50. The molecule has 8 atom stereocenters. The van der Waals surface area contributed by atoms with E-state index in [0.29, 0.717) is 11.7 Å². The smallest absolute Gasteiger partial charge is 0.133 e. The van der Waals surface area contributed by atoms with Crippen LogP contribution in [0.2, 0.25) is 0 Å². The van der Waals surface area contributed by atoms with Crippen LogP contribution in [0, 0.1) is 35.0 Å². The van der Waals surface area contributed by atoms with Gasteiger partial charge in [-0.3, -0.25) is 4.79 Å². The first-order valence-electron chi connectivity index (χ1n) is 8.84. The molecule has 1 N–H and O–H groups in total. The largest absolute Gasteiger partial charge is 0.393 e. The summed E-state index contributed by atoms with van der Waals surface area (Å²) in [6.07, 6.45) is 8.77. The number of ketones is 1. The molecule has 4 rings (SSSR count). The lowest BCUT2D eigenvalue weighted by Crippen LogP contribution is -2.53. The first-order valence-corrected chi connectivity index (χ1v) is 10.1. The lowest BCUT2D eigenvalue weighted by molar-refractivity contribution is -0.127. The molecule has 4 aliphatic carbocycles. The summed E-state index contributed by atoms with van der Waals surface area (Å²) in [6, 6.07) is 0. The zero-order valence-electron chi connectivity index (χ0n) is 12.9. The molecule has 3 heteroatoms. The Morgan fingerprint density at radius 1 is 1.19 bits per heavy atom. The van der Waals surface area contributed by atoms with Gasteiger partial charge in [0, 0.05) is 16.8 Å². The Bertz CT molecular complexity index is 450. The monoisotopic (exact) mass is 402 g/mol. The van der Waals surface area contributed by atoms with Crippen molar-refractivity contribution in [3.63, 3.8) is 0 Å². The van der Waals surface area contributed by atoms with Gasteiger partial charge in [-0.1, -0.05) is 29.5 Å². The van der Waals surface area contributed by atoms with E-state index in [2.05, 4.69) is 29.5 Å². The number of hydrogen-bond donors (Lipinski definition) is 1. The van der Waals surface area contributed by atoms with Gasteiger partial charge in [0.2, 0.25) is 0 Å². The van der Waals surface area contributed by atoms with Crippen molar-refractivity contribution in [2.75, 3.05) is 0 Å². The van der Waals surface area contributed by atoms with E-state index in [1.807, 2.05) is 0 Å². The average Bonchev–Trinajstić information content (AvgIpc) is 2.74. The maximum absolute atomic E-state index is 11.8. The number of alkyl halides is 1. The molecule has 0 bridgehead atoms. The van der Waals surface area contributed by atoms with Crippen LogP contribution in [-0.4, -0.2) is 20.9 Å². The third kappa shape index (κ3) is 2.16. The number of Topliss-reactive ketones (excluding diaryl/α,β-unsaturated/α-hetero) is 1. The van der Waals surface area contributed by atoms with Crippen LogP contribution in [0.5, 0.6) is 0 Å². The molecular formula is C18H27IO2. The normalized spacial score (nSPS) is 56.5. The van der Waals surface area contributed by atoms with Crippen molar-refractivity contribution < 1.29 is 9.90 Å². The Kier molecular flexibility index (Phi) is 3.68. The van der Waals surface area contributed by atoms with E-state index in [-0.39, 0.29) is 11.5 Å². The van der Waals surface area contributed by atoms with Crippen LogP contribution in [0.25, 0.3) is 0 Å². The summed E-state index contributed by atoms with van der Waals surface area (Å²) in [5.41, 5.74) is 0.182. The van der Waals surface area contributed by atoms with Crippen LogP contribution in [-0.2, 0) is 4.79 Å². The molecule has 0 unspecified atom stereocenters. The zero-order chi connectivity index (χ0) is 14.8. The van der Waals surface area contributed by atoms with E-state index < -0.39 is 0 Å². The fourth-order valence-electron chi connectivity index (χ4n) is 6.59. The summed E-state index contributed by atoms with van der Waals surface area (Å²) in [7, 11) is 0. The van der Waals surface area contributed by atoms with E-state index in [9.17, 15) is 9.90 Å². The van der Waals surface area contributed by atoms with Crippen LogP contribution in [0.3, 0.4) is 0 Å². The van der Waals surface area contributed by atoms with Crippen molar-refractivity contribution in [1.82, 2.24) is 0 Å². The van der Waals surface area contributed by atoms with Gasteiger partial charge in [0.05, 0.1) is 6.10 Å². The molecule has 0 amide bonds. The highest BCUT2D eigenvalue weighted by Crippen LogP contribution is 2.63. The van der Waals surface area contributed by atoms with Gasteiger partial charge in [0.25, 0.3) is 0 Å². The topological polar surface area (TPSA) is 37.3 Å². The molecule has 0 heterocycles. The van der Waals surface area contributed by atoms with Crippen LogP contribution in [0.4, 0.5) is 0 Å². The SMILES string of the molecule is C[C@]12CC[C@@H]3[C@H]4CCC(=O)C[C@@H]4C[C@@H](I)[C@H]3[C@@H]1CC[C@@H]2O. The lowest BCUT2D eigenvalue weighted by Gasteiger charge is -2.56. The van der Waals surface area contributed by atoms with Crippen molar-refractivity contribution in [1.29, 1.82) is 0 Å². The van der Waals surface area contributed by atoms with Gasteiger partial charge < -0.3 is 5.11 Å². The minimum absolute atomic E-state index is 0.0716. The third-order valence-corrected chi connectivity index (χ3v) is 9.02. The number of aliphatic hydroxyl groups excluding tert-OH is 1. The van der Waals surface area contributed by atoms with Gasteiger partial charge >= 0.3 is 0 Å². The molecule has 2 nitrogen and oxygen atoms in total. The number of fused-ring (bicyclic) bond motifs is 5. The maximum atomic E-state index is 11.8. The Morgan fingerprint density at radius 2 is 2.00 bits per heavy atom. The minimum atomic E-state index is -0.0716. The van der Waals surface area contributed by atoms with E-state index in [1.54, 1.807) is 0 Å².